The first kappa shape index (κ1) is 15.4. The molecule has 16 heavy (non-hydrogen) atoms. The molecular weight excluding hydrogens is 202 g/mol. The summed E-state index contributed by atoms with van der Waals surface area (Å²) in [5.74, 6) is 0.580. The predicted octanol–water partition coefficient (Wildman–Crippen LogP) is 0.816. The third kappa shape index (κ3) is 5.47. The maximum Gasteiger partial charge on any atom is 0.237 e. The summed E-state index contributed by atoms with van der Waals surface area (Å²) in [6, 6.07) is 0.128. The van der Waals surface area contributed by atoms with Gasteiger partial charge in [0.05, 0.1) is 6.04 Å². The molecule has 4 nitrogen and oxygen atoms in total. The van der Waals surface area contributed by atoms with Gasteiger partial charge in [0.15, 0.2) is 0 Å². The second-order valence-corrected chi connectivity index (χ2v) is 4.75. The fourth-order valence-corrected chi connectivity index (χ4v) is 1.40. The molecule has 2 unspecified atom stereocenters. The maximum atomic E-state index is 11.6. The van der Waals surface area contributed by atoms with Crippen molar-refractivity contribution in [1.82, 2.24) is 10.2 Å². The summed E-state index contributed by atoms with van der Waals surface area (Å²) in [6.45, 7) is 9.64. The SMILES string of the molecule is CCNC(=O)C(C)N(C)CCC(N)C(C)C. The molecule has 96 valence electrons. The molecule has 0 rings (SSSR count). The molecule has 0 spiro atoms. The molecule has 0 aromatic carbocycles. The summed E-state index contributed by atoms with van der Waals surface area (Å²) in [5.41, 5.74) is 5.97. The number of nitrogens with zero attached hydrogens (tertiary/aromatic N) is 1. The van der Waals surface area contributed by atoms with E-state index in [9.17, 15) is 4.79 Å². The van der Waals surface area contributed by atoms with E-state index in [1.54, 1.807) is 0 Å². The Morgan fingerprint density at radius 3 is 2.38 bits per heavy atom. The Balaban J connectivity index is 3.96. The van der Waals surface area contributed by atoms with Gasteiger partial charge in [-0.15, -0.1) is 0 Å². The largest absolute Gasteiger partial charge is 0.355 e. The molecule has 0 bridgehead atoms. The first-order chi connectivity index (χ1) is 7.40. The van der Waals surface area contributed by atoms with Crippen LogP contribution in [0.25, 0.3) is 0 Å². The standard InChI is InChI=1S/C12H27N3O/c1-6-14-12(16)10(4)15(5)8-7-11(13)9(2)3/h9-11H,6-8,13H2,1-5H3,(H,14,16). The molecule has 0 aliphatic heterocycles. The van der Waals surface area contributed by atoms with E-state index < -0.39 is 0 Å². The molecule has 0 aliphatic rings. The van der Waals surface area contributed by atoms with Crippen LogP contribution in [0, 0.1) is 5.92 Å². The number of nitrogens with one attached hydrogen (secondary N) is 1. The van der Waals surface area contributed by atoms with Crippen molar-refractivity contribution in [2.75, 3.05) is 20.1 Å². The Hall–Kier alpha value is -0.610. The zero-order valence-electron chi connectivity index (χ0n) is 11.3. The summed E-state index contributed by atoms with van der Waals surface area (Å²) < 4.78 is 0. The topological polar surface area (TPSA) is 58.4 Å². The highest BCUT2D eigenvalue weighted by molar-refractivity contribution is 5.81. The molecule has 3 N–H and O–H groups in total. The number of hydrogen-bond acceptors (Lipinski definition) is 3. The second-order valence-electron chi connectivity index (χ2n) is 4.75. The molecule has 1 amide bonds. The molecular formula is C12H27N3O. The maximum absolute atomic E-state index is 11.6. The van der Waals surface area contributed by atoms with Crippen LogP contribution in [0.1, 0.15) is 34.1 Å². The van der Waals surface area contributed by atoms with Crippen molar-refractivity contribution >= 4 is 5.91 Å². The average Bonchev–Trinajstić information content (AvgIpc) is 2.24. The van der Waals surface area contributed by atoms with E-state index in [0.717, 1.165) is 13.0 Å². The van der Waals surface area contributed by atoms with Gasteiger partial charge in [-0.3, -0.25) is 9.69 Å². The molecule has 4 heteroatoms. The lowest BCUT2D eigenvalue weighted by molar-refractivity contribution is -0.125. The van der Waals surface area contributed by atoms with Crippen LogP contribution in [0.2, 0.25) is 0 Å². The Bertz CT molecular complexity index is 206. The molecule has 2 atom stereocenters. The Morgan fingerprint density at radius 2 is 1.94 bits per heavy atom. The summed E-state index contributed by atoms with van der Waals surface area (Å²) in [5, 5.41) is 2.82. The first-order valence-electron chi connectivity index (χ1n) is 6.13. The van der Waals surface area contributed by atoms with E-state index in [4.69, 9.17) is 5.73 Å². The van der Waals surface area contributed by atoms with Crippen LogP contribution in [0.5, 0.6) is 0 Å². The Kier molecular flexibility index (Phi) is 7.34. The fraction of sp³-hybridized carbons (Fsp3) is 0.917. The van der Waals surface area contributed by atoms with Gasteiger partial charge < -0.3 is 11.1 Å². The normalized spacial score (nSPS) is 15.2. The van der Waals surface area contributed by atoms with Crippen LogP contribution in [0.15, 0.2) is 0 Å². The van der Waals surface area contributed by atoms with Crippen molar-refractivity contribution < 1.29 is 4.79 Å². The van der Waals surface area contributed by atoms with E-state index in [-0.39, 0.29) is 18.0 Å². The molecule has 0 heterocycles. The average molecular weight is 229 g/mol. The highest BCUT2D eigenvalue weighted by Gasteiger charge is 2.18. The minimum absolute atomic E-state index is 0.0840. The molecule has 0 aromatic heterocycles. The van der Waals surface area contributed by atoms with Crippen LogP contribution in [0.4, 0.5) is 0 Å². The summed E-state index contributed by atoms with van der Waals surface area (Å²) in [6.07, 6.45) is 0.928. The number of amides is 1. The summed E-state index contributed by atoms with van der Waals surface area (Å²) in [7, 11) is 1.97. The van der Waals surface area contributed by atoms with E-state index in [1.165, 1.54) is 0 Å². The molecule has 0 radical (unpaired) electrons. The lowest BCUT2D eigenvalue weighted by atomic mass is 10.0. The number of carbonyl (C=O) groups excluding carboxylic acids is 1. The molecule has 0 fully saturated rings. The van der Waals surface area contributed by atoms with Gasteiger partial charge in [-0.05, 0) is 33.2 Å². The van der Waals surface area contributed by atoms with Crippen LogP contribution >= 0.6 is 0 Å². The highest BCUT2D eigenvalue weighted by atomic mass is 16.2. The third-order valence-electron chi connectivity index (χ3n) is 3.06. The highest BCUT2D eigenvalue weighted by Crippen LogP contribution is 2.05. The molecule has 0 saturated carbocycles. The van der Waals surface area contributed by atoms with Crippen LogP contribution in [-0.2, 0) is 4.79 Å². The Labute approximate surface area is 99.6 Å². The van der Waals surface area contributed by atoms with Gasteiger partial charge in [-0.2, -0.15) is 0 Å². The minimum atomic E-state index is -0.0840. The van der Waals surface area contributed by atoms with Crippen LogP contribution in [-0.4, -0.2) is 43.0 Å². The van der Waals surface area contributed by atoms with Gasteiger partial charge in [0.2, 0.25) is 5.91 Å². The second kappa shape index (κ2) is 7.63. The van der Waals surface area contributed by atoms with Gasteiger partial charge in [0.25, 0.3) is 0 Å². The van der Waals surface area contributed by atoms with E-state index in [1.807, 2.05) is 25.8 Å². The van der Waals surface area contributed by atoms with E-state index in [0.29, 0.717) is 12.5 Å². The third-order valence-corrected chi connectivity index (χ3v) is 3.06. The minimum Gasteiger partial charge on any atom is -0.355 e. The van der Waals surface area contributed by atoms with Crippen molar-refractivity contribution in [1.29, 1.82) is 0 Å². The monoisotopic (exact) mass is 229 g/mol. The van der Waals surface area contributed by atoms with Crippen LogP contribution in [0.3, 0.4) is 0 Å². The van der Waals surface area contributed by atoms with Crippen molar-refractivity contribution in [3.05, 3.63) is 0 Å². The lowest BCUT2D eigenvalue weighted by Crippen LogP contribution is -2.44. The van der Waals surface area contributed by atoms with Crippen molar-refractivity contribution in [2.24, 2.45) is 11.7 Å². The number of carbonyl (C=O) groups is 1. The lowest BCUT2D eigenvalue weighted by Gasteiger charge is -2.25. The smallest absolute Gasteiger partial charge is 0.237 e. The first-order valence-corrected chi connectivity index (χ1v) is 6.13. The van der Waals surface area contributed by atoms with Gasteiger partial charge in [0, 0.05) is 19.1 Å². The Morgan fingerprint density at radius 1 is 1.38 bits per heavy atom. The quantitative estimate of drug-likeness (QED) is 0.679. The number of nitrogens with two attached hydrogens (primary N) is 1. The van der Waals surface area contributed by atoms with Crippen LogP contribution < -0.4 is 11.1 Å². The van der Waals surface area contributed by atoms with E-state index >= 15 is 0 Å². The molecule has 0 aromatic rings. The number of hydrogen-bond donors (Lipinski definition) is 2. The van der Waals surface area contributed by atoms with Gasteiger partial charge in [-0.1, -0.05) is 13.8 Å². The number of rotatable bonds is 7. The zero-order chi connectivity index (χ0) is 12.7. The summed E-state index contributed by atoms with van der Waals surface area (Å²) >= 11 is 0. The van der Waals surface area contributed by atoms with Gasteiger partial charge in [0.1, 0.15) is 0 Å². The molecule has 0 aliphatic carbocycles. The zero-order valence-corrected chi connectivity index (χ0v) is 11.3. The van der Waals surface area contributed by atoms with E-state index in [2.05, 4.69) is 19.2 Å². The fourth-order valence-electron chi connectivity index (χ4n) is 1.40. The van der Waals surface area contributed by atoms with Gasteiger partial charge in [-0.25, -0.2) is 0 Å². The van der Waals surface area contributed by atoms with Crippen molar-refractivity contribution in [3.8, 4) is 0 Å². The van der Waals surface area contributed by atoms with Crippen molar-refractivity contribution in [3.63, 3.8) is 0 Å². The van der Waals surface area contributed by atoms with Gasteiger partial charge >= 0.3 is 0 Å². The summed E-state index contributed by atoms with van der Waals surface area (Å²) in [4.78, 5) is 13.6. The predicted molar refractivity (Wildman–Crippen MR) is 68.2 cm³/mol. The molecule has 0 saturated heterocycles. The number of likely N-dealkylation sites (N-methyl/N-ethyl adjacent to an activating group) is 2. The van der Waals surface area contributed by atoms with Crippen molar-refractivity contribution in [2.45, 2.75) is 46.2 Å².